The van der Waals surface area contributed by atoms with E-state index in [0.717, 1.165) is 40.0 Å². The average Bonchev–Trinajstić information content (AvgIpc) is 3.70. The van der Waals surface area contributed by atoms with Crippen molar-refractivity contribution < 1.29 is 31.2 Å². The molecule has 0 spiro atoms. The van der Waals surface area contributed by atoms with Crippen molar-refractivity contribution >= 4 is 61.8 Å². The smallest absolute Gasteiger partial charge is 0.288 e. The van der Waals surface area contributed by atoms with Gasteiger partial charge in [-0.2, -0.15) is 12.7 Å². The molecule has 16 heteroatoms. The van der Waals surface area contributed by atoms with Crippen molar-refractivity contribution in [2.24, 2.45) is 0 Å². The van der Waals surface area contributed by atoms with Crippen molar-refractivity contribution in [3.63, 3.8) is 0 Å². The number of rotatable bonds is 8. The Kier molecular flexibility index (Phi) is 8.22. The Bertz CT molecular complexity index is 2230. The molecular formula is C32H23Cl2F3N6O4S. The van der Waals surface area contributed by atoms with E-state index in [1.165, 1.54) is 30.5 Å². The van der Waals surface area contributed by atoms with Crippen LogP contribution >= 0.6 is 23.2 Å². The second-order valence-electron chi connectivity index (χ2n) is 11.5. The zero-order valence-electron chi connectivity index (χ0n) is 24.6. The lowest BCUT2D eigenvalue weighted by atomic mass is 10.0. The van der Waals surface area contributed by atoms with Crippen LogP contribution in [-0.2, 0) is 10.2 Å². The van der Waals surface area contributed by atoms with Gasteiger partial charge in [-0.3, -0.25) is 18.9 Å². The van der Waals surface area contributed by atoms with Crippen LogP contribution < -0.4 is 4.72 Å². The second-order valence-corrected chi connectivity index (χ2v) is 14.0. The Morgan fingerprint density at radius 2 is 1.60 bits per heavy atom. The molecule has 0 radical (unpaired) electrons. The minimum atomic E-state index is -4.44. The van der Waals surface area contributed by atoms with Crippen molar-refractivity contribution in [3.05, 3.63) is 105 Å². The fourth-order valence-corrected chi connectivity index (χ4v) is 7.37. The minimum Gasteiger partial charge on any atom is -0.288 e. The van der Waals surface area contributed by atoms with Crippen molar-refractivity contribution in [1.82, 2.24) is 23.8 Å². The number of carbonyl (C=O) groups is 2. The third-order valence-corrected chi connectivity index (χ3v) is 10.3. The van der Waals surface area contributed by atoms with E-state index in [4.69, 9.17) is 23.2 Å². The number of benzene rings is 2. The standard InChI is InChI=1S/C32H23Cl2F3N6O4S/c33-22-2-1-3-23(34)26(22)32(45)43-15-21(20-10-17(11-40-31(20)43)18-12-38-30(39-13-18)16-4-5-16)29(44)27-24(36)6-7-25(28(27)37)41-48(46,47)42-9-8-19(35)14-42/h1-3,6-7,10-13,15-16,19,41H,4-5,8-9,14H2. The van der Waals surface area contributed by atoms with Gasteiger partial charge in [0.05, 0.1) is 32.4 Å². The van der Waals surface area contributed by atoms with Gasteiger partial charge in [0, 0.05) is 60.3 Å². The molecule has 246 valence electrons. The molecule has 1 saturated carbocycles. The molecule has 2 aliphatic rings. The number of hydrogen-bond donors (Lipinski definition) is 1. The van der Waals surface area contributed by atoms with Gasteiger partial charge in [-0.05, 0) is 49.6 Å². The Morgan fingerprint density at radius 1 is 0.917 bits per heavy atom. The largest absolute Gasteiger partial charge is 0.301 e. The third kappa shape index (κ3) is 5.82. The van der Waals surface area contributed by atoms with Crippen LogP contribution in [0.25, 0.3) is 22.2 Å². The van der Waals surface area contributed by atoms with Crippen LogP contribution in [0.15, 0.2) is 61.2 Å². The number of nitrogens with one attached hydrogen (secondary N) is 1. The fourth-order valence-electron chi connectivity index (χ4n) is 5.55. The van der Waals surface area contributed by atoms with Crippen LogP contribution in [0.3, 0.4) is 0 Å². The van der Waals surface area contributed by atoms with E-state index >= 15 is 8.78 Å². The molecule has 2 fully saturated rings. The van der Waals surface area contributed by atoms with Crippen molar-refractivity contribution in [2.45, 2.75) is 31.4 Å². The Balaban J connectivity index is 1.35. The predicted molar refractivity (Wildman–Crippen MR) is 172 cm³/mol. The number of halogens is 5. The van der Waals surface area contributed by atoms with Crippen molar-refractivity contribution in [1.29, 1.82) is 0 Å². The maximum Gasteiger partial charge on any atom is 0.301 e. The molecule has 5 aromatic rings. The number of nitrogens with zero attached hydrogens (tertiary/aromatic N) is 5. The monoisotopic (exact) mass is 714 g/mol. The molecule has 1 N–H and O–H groups in total. The summed E-state index contributed by atoms with van der Waals surface area (Å²) in [6, 6.07) is 7.49. The number of pyridine rings is 1. The van der Waals surface area contributed by atoms with E-state index in [1.54, 1.807) is 12.4 Å². The summed E-state index contributed by atoms with van der Waals surface area (Å²) < 4.78 is 74.4. The first-order valence-corrected chi connectivity index (χ1v) is 16.9. The van der Waals surface area contributed by atoms with E-state index in [2.05, 4.69) is 15.0 Å². The van der Waals surface area contributed by atoms with Crippen LogP contribution in [0.4, 0.5) is 18.9 Å². The minimum absolute atomic E-state index is 0.0147. The first kappa shape index (κ1) is 32.2. The highest BCUT2D eigenvalue weighted by atomic mass is 35.5. The second kappa shape index (κ2) is 12.3. The quantitative estimate of drug-likeness (QED) is 0.180. The van der Waals surface area contributed by atoms with Crippen LogP contribution in [0, 0.1) is 11.6 Å². The van der Waals surface area contributed by atoms with Gasteiger partial charge in [0.2, 0.25) is 5.78 Å². The number of aromatic nitrogens is 4. The Morgan fingerprint density at radius 3 is 2.25 bits per heavy atom. The summed E-state index contributed by atoms with van der Waals surface area (Å²) in [7, 11) is -4.44. The number of hydrogen-bond acceptors (Lipinski definition) is 7. The maximum absolute atomic E-state index is 15.9. The van der Waals surface area contributed by atoms with Gasteiger partial charge in [-0.1, -0.05) is 29.3 Å². The molecule has 1 aliphatic heterocycles. The fraction of sp³-hybridized carbons (Fsp3) is 0.219. The summed E-state index contributed by atoms with van der Waals surface area (Å²) in [6.07, 6.45) is 6.27. The number of carbonyl (C=O) groups excluding carboxylic acids is 2. The summed E-state index contributed by atoms with van der Waals surface area (Å²) >= 11 is 12.6. The van der Waals surface area contributed by atoms with Gasteiger partial charge in [-0.25, -0.2) is 28.1 Å². The molecule has 10 nitrogen and oxygen atoms in total. The molecule has 1 aliphatic carbocycles. The predicted octanol–water partition coefficient (Wildman–Crippen LogP) is 6.58. The average molecular weight is 716 g/mol. The number of fused-ring (bicyclic) bond motifs is 1. The van der Waals surface area contributed by atoms with Gasteiger partial charge in [-0.15, -0.1) is 0 Å². The zero-order chi connectivity index (χ0) is 33.9. The molecule has 1 unspecified atom stereocenters. The topological polar surface area (TPSA) is 127 Å². The molecule has 0 bridgehead atoms. The molecule has 3 aromatic heterocycles. The third-order valence-electron chi connectivity index (χ3n) is 8.22. The van der Waals surface area contributed by atoms with E-state index in [1.807, 2.05) is 4.72 Å². The highest BCUT2D eigenvalue weighted by Gasteiger charge is 2.34. The molecule has 7 rings (SSSR count). The van der Waals surface area contributed by atoms with Gasteiger partial charge < -0.3 is 0 Å². The number of alkyl halides is 1. The number of anilines is 1. The van der Waals surface area contributed by atoms with E-state index in [9.17, 15) is 22.4 Å². The summed E-state index contributed by atoms with van der Waals surface area (Å²) in [6.45, 7) is -0.575. The van der Waals surface area contributed by atoms with Gasteiger partial charge >= 0.3 is 10.2 Å². The van der Waals surface area contributed by atoms with E-state index in [-0.39, 0.29) is 45.2 Å². The highest BCUT2D eigenvalue weighted by molar-refractivity contribution is 7.90. The van der Waals surface area contributed by atoms with Crippen LogP contribution in [0.2, 0.25) is 10.0 Å². The van der Waals surface area contributed by atoms with Gasteiger partial charge in [0.1, 0.15) is 23.5 Å². The van der Waals surface area contributed by atoms with Crippen LogP contribution in [0.5, 0.6) is 0 Å². The summed E-state index contributed by atoms with van der Waals surface area (Å²) in [5.74, 6) is -3.77. The molecule has 1 saturated heterocycles. The lowest BCUT2D eigenvalue weighted by Crippen LogP contribution is -2.34. The summed E-state index contributed by atoms with van der Waals surface area (Å²) in [5, 5.41) is 0.0675. The van der Waals surface area contributed by atoms with Crippen molar-refractivity contribution in [3.8, 4) is 11.1 Å². The van der Waals surface area contributed by atoms with Gasteiger partial charge in [0.25, 0.3) is 5.91 Å². The molecule has 1 atom stereocenters. The normalized spacial score (nSPS) is 16.8. The lowest BCUT2D eigenvalue weighted by molar-refractivity contribution is 0.0964. The Labute approximate surface area is 281 Å². The first-order valence-electron chi connectivity index (χ1n) is 14.7. The zero-order valence-corrected chi connectivity index (χ0v) is 27.0. The lowest BCUT2D eigenvalue weighted by Gasteiger charge is -2.18. The summed E-state index contributed by atoms with van der Waals surface area (Å²) in [4.78, 5) is 41.1. The SMILES string of the molecule is O=C(c1c(F)ccc(NS(=O)(=O)N2CCC(F)C2)c1F)c1cn(C(=O)c2c(Cl)cccc2Cl)c2ncc(-c3cnc(C4CC4)nc3)cc12. The first-order chi connectivity index (χ1) is 22.9. The Hall–Kier alpha value is -4.37. The van der Waals surface area contributed by atoms with Gasteiger partial charge in [0.15, 0.2) is 5.82 Å². The van der Waals surface area contributed by atoms with Crippen molar-refractivity contribution in [2.75, 3.05) is 17.8 Å². The molecule has 4 heterocycles. The molecule has 2 aromatic carbocycles. The highest BCUT2D eigenvalue weighted by Crippen LogP contribution is 2.38. The molecule has 0 amide bonds. The van der Waals surface area contributed by atoms with E-state index < -0.39 is 57.5 Å². The number of ketones is 1. The maximum atomic E-state index is 15.9. The molecular weight excluding hydrogens is 692 g/mol. The molecule has 48 heavy (non-hydrogen) atoms. The van der Waals surface area contributed by atoms with Crippen LogP contribution in [-0.4, -0.2) is 63.2 Å². The van der Waals surface area contributed by atoms with E-state index in [0.29, 0.717) is 22.9 Å². The van der Waals surface area contributed by atoms with Crippen LogP contribution in [0.1, 0.15) is 57.3 Å². The summed E-state index contributed by atoms with van der Waals surface area (Å²) in [5.41, 5.74) is -1.32.